The largest absolute Gasteiger partial charge is 0.491 e. The number of hydrogen-bond donors (Lipinski definition) is 1. The van der Waals surface area contributed by atoms with Crippen LogP contribution in [0.15, 0.2) is 30.3 Å². The van der Waals surface area contributed by atoms with Gasteiger partial charge in [0.15, 0.2) is 0 Å². The normalized spacial score (nSPS) is 12.3. The van der Waals surface area contributed by atoms with E-state index >= 15 is 0 Å². The molecule has 1 aromatic heterocycles. The van der Waals surface area contributed by atoms with Gasteiger partial charge in [-0.25, -0.2) is 0 Å². The number of rotatable bonds is 6. The Bertz CT molecular complexity index is 677. The predicted molar refractivity (Wildman–Crippen MR) is 91.9 cm³/mol. The monoisotopic (exact) mass is 315 g/mol. The summed E-state index contributed by atoms with van der Waals surface area (Å²) in [6.45, 7) is 9.90. The highest BCUT2D eigenvalue weighted by Crippen LogP contribution is 2.20. The summed E-state index contributed by atoms with van der Waals surface area (Å²) in [5, 5.41) is 7.36. The Morgan fingerprint density at radius 3 is 2.61 bits per heavy atom. The van der Waals surface area contributed by atoms with Gasteiger partial charge in [-0.1, -0.05) is 6.07 Å². The van der Waals surface area contributed by atoms with E-state index in [1.165, 1.54) is 0 Å². The smallest absolute Gasteiger partial charge is 0.226 e. The number of aryl methyl sites for hydroxylation is 2. The van der Waals surface area contributed by atoms with Crippen LogP contribution in [-0.2, 0) is 4.79 Å². The van der Waals surface area contributed by atoms with Crippen molar-refractivity contribution in [3.05, 3.63) is 41.7 Å². The number of benzene rings is 1. The molecular weight excluding hydrogens is 290 g/mol. The van der Waals surface area contributed by atoms with Crippen LogP contribution in [0.4, 0.5) is 5.69 Å². The molecule has 0 fully saturated rings. The van der Waals surface area contributed by atoms with Crippen molar-refractivity contribution in [3.63, 3.8) is 0 Å². The quantitative estimate of drug-likeness (QED) is 0.880. The number of nitrogens with one attached hydrogen (secondary N) is 1. The van der Waals surface area contributed by atoms with E-state index in [0.29, 0.717) is 6.42 Å². The molecule has 1 atom stereocenters. The minimum atomic E-state index is -0.0354. The fourth-order valence-corrected chi connectivity index (χ4v) is 2.58. The molecule has 0 aliphatic rings. The first-order chi connectivity index (χ1) is 10.8. The molecule has 0 aliphatic heterocycles. The van der Waals surface area contributed by atoms with Crippen LogP contribution in [0.25, 0.3) is 0 Å². The van der Waals surface area contributed by atoms with Crippen molar-refractivity contribution < 1.29 is 9.53 Å². The number of carbonyl (C=O) groups excluding carboxylic acids is 1. The lowest BCUT2D eigenvalue weighted by atomic mass is 10.2. The summed E-state index contributed by atoms with van der Waals surface area (Å²) >= 11 is 0. The van der Waals surface area contributed by atoms with Gasteiger partial charge < -0.3 is 10.1 Å². The molecule has 0 radical (unpaired) electrons. The molecule has 0 saturated heterocycles. The fraction of sp³-hybridized carbons (Fsp3) is 0.444. The molecule has 1 amide bonds. The molecule has 2 rings (SSSR count). The minimum Gasteiger partial charge on any atom is -0.491 e. The van der Waals surface area contributed by atoms with E-state index in [0.717, 1.165) is 22.8 Å². The van der Waals surface area contributed by atoms with Gasteiger partial charge in [-0.05, 0) is 52.8 Å². The van der Waals surface area contributed by atoms with Crippen LogP contribution in [-0.4, -0.2) is 21.8 Å². The number of nitrogens with zero attached hydrogens (tertiary/aromatic N) is 2. The fourth-order valence-electron chi connectivity index (χ4n) is 2.58. The molecule has 0 saturated carbocycles. The standard InChI is InChI=1S/C18H25N3O2/c1-12(2)23-17-8-6-7-16(11-17)19-18(22)10-15(5)21-14(4)9-13(3)20-21/h6-9,11-12,15H,10H2,1-5H3,(H,19,22)/t15-/m1/s1. The Hall–Kier alpha value is -2.30. The number of aromatic nitrogens is 2. The highest BCUT2D eigenvalue weighted by molar-refractivity contribution is 5.91. The zero-order valence-electron chi connectivity index (χ0n) is 14.5. The van der Waals surface area contributed by atoms with Gasteiger partial charge >= 0.3 is 0 Å². The number of carbonyl (C=O) groups is 1. The maximum absolute atomic E-state index is 12.3. The highest BCUT2D eigenvalue weighted by Gasteiger charge is 2.14. The second-order valence-corrected chi connectivity index (χ2v) is 6.17. The summed E-state index contributed by atoms with van der Waals surface area (Å²) < 4.78 is 7.54. The first-order valence-electron chi connectivity index (χ1n) is 7.94. The van der Waals surface area contributed by atoms with E-state index in [1.54, 1.807) is 0 Å². The molecule has 124 valence electrons. The predicted octanol–water partition coefficient (Wildman–Crippen LogP) is 3.88. The third-order valence-electron chi connectivity index (χ3n) is 3.43. The summed E-state index contributed by atoms with van der Waals surface area (Å²) in [5.74, 6) is 0.719. The van der Waals surface area contributed by atoms with E-state index in [1.807, 2.05) is 69.6 Å². The minimum absolute atomic E-state index is 0.0128. The topological polar surface area (TPSA) is 56.2 Å². The Morgan fingerprint density at radius 2 is 2.00 bits per heavy atom. The molecule has 1 heterocycles. The summed E-state index contributed by atoms with van der Waals surface area (Å²) in [6.07, 6.45) is 0.476. The van der Waals surface area contributed by atoms with Crippen molar-refractivity contribution in [2.24, 2.45) is 0 Å². The average molecular weight is 315 g/mol. The van der Waals surface area contributed by atoms with E-state index in [9.17, 15) is 4.79 Å². The molecule has 2 aromatic rings. The van der Waals surface area contributed by atoms with Crippen molar-refractivity contribution in [2.45, 2.75) is 53.2 Å². The number of amides is 1. The van der Waals surface area contributed by atoms with Crippen molar-refractivity contribution in [1.82, 2.24) is 9.78 Å². The van der Waals surface area contributed by atoms with E-state index in [2.05, 4.69) is 10.4 Å². The van der Waals surface area contributed by atoms with Gasteiger partial charge in [0.2, 0.25) is 5.91 Å². The van der Waals surface area contributed by atoms with E-state index < -0.39 is 0 Å². The summed E-state index contributed by atoms with van der Waals surface area (Å²) in [5.41, 5.74) is 2.78. The van der Waals surface area contributed by atoms with Crippen LogP contribution >= 0.6 is 0 Å². The Kier molecular flexibility index (Phi) is 5.42. The second kappa shape index (κ2) is 7.31. The van der Waals surface area contributed by atoms with Gasteiger partial charge in [0.05, 0.1) is 17.8 Å². The van der Waals surface area contributed by atoms with Gasteiger partial charge in [-0.15, -0.1) is 0 Å². The molecule has 5 heteroatoms. The molecule has 0 bridgehead atoms. The number of hydrogen-bond acceptors (Lipinski definition) is 3. The average Bonchev–Trinajstić information content (AvgIpc) is 2.77. The lowest BCUT2D eigenvalue weighted by Crippen LogP contribution is -2.19. The van der Waals surface area contributed by atoms with Crippen molar-refractivity contribution in [2.75, 3.05) is 5.32 Å². The molecule has 1 aromatic carbocycles. The maximum Gasteiger partial charge on any atom is 0.226 e. The van der Waals surface area contributed by atoms with Crippen molar-refractivity contribution in [1.29, 1.82) is 0 Å². The molecule has 0 aliphatic carbocycles. The molecule has 1 N–H and O–H groups in total. The molecule has 0 spiro atoms. The first kappa shape index (κ1) is 17.1. The Balaban J connectivity index is 1.98. The molecular formula is C18H25N3O2. The van der Waals surface area contributed by atoms with Crippen LogP contribution in [0.2, 0.25) is 0 Å². The van der Waals surface area contributed by atoms with Gasteiger partial charge in [0.1, 0.15) is 5.75 Å². The maximum atomic E-state index is 12.3. The van der Waals surface area contributed by atoms with Crippen LogP contribution in [0.3, 0.4) is 0 Å². The lowest BCUT2D eigenvalue weighted by Gasteiger charge is -2.15. The van der Waals surface area contributed by atoms with E-state index in [4.69, 9.17) is 4.74 Å². The SMILES string of the molecule is Cc1cc(C)n([C@H](C)CC(=O)Nc2cccc(OC(C)C)c2)n1. The van der Waals surface area contributed by atoms with Gasteiger partial charge in [-0.3, -0.25) is 9.48 Å². The lowest BCUT2D eigenvalue weighted by molar-refractivity contribution is -0.116. The van der Waals surface area contributed by atoms with E-state index in [-0.39, 0.29) is 18.1 Å². The van der Waals surface area contributed by atoms with Crippen LogP contribution in [0, 0.1) is 13.8 Å². The zero-order valence-corrected chi connectivity index (χ0v) is 14.5. The molecule has 5 nitrogen and oxygen atoms in total. The van der Waals surface area contributed by atoms with Gasteiger partial charge in [0, 0.05) is 23.9 Å². The van der Waals surface area contributed by atoms with Crippen molar-refractivity contribution >= 4 is 11.6 Å². The van der Waals surface area contributed by atoms with Crippen LogP contribution < -0.4 is 10.1 Å². The molecule has 0 unspecified atom stereocenters. The Labute approximate surface area is 137 Å². The Morgan fingerprint density at radius 1 is 1.26 bits per heavy atom. The van der Waals surface area contributed by atoms with Crippen LogP contribution in [0.1, 0.15) is 44.6 Å². The van der Waals surface area contributed by atoms with Gasteiger partial charge in [-0.2, -0.15) is 5.10 Å². The number of ether oxygens (including phenoxy) is 1. The third kappa shape index (κ3) is 4.84. The first-order valence-corrected chi connectivity index (χ1v) is 7.94. The summed E-state index contributed by atoms with van der Waals surface area (Å²) in [4.78, 5) is 12.3. The number of anilines is 1. The zero-order chi connectivity index (χ0) is 17.0. The van der Waals surface area contributed by atoms with Gasteiger partial charge in [0.25, 0.3) is 0 Å². The van der Waals surface area contributed by atoms with Crippen molar-refractivity contribution in [3.8, 4) is 5.75 Å². The highest BCUT2D eigenvalue weighted by atomic mass is 16.5. The summed E-state index contributed by atoms with van der Waals surface area (Å²) in [6, 6.07) is 9.48. The third-order valence-corrected chi connectivity index (χ3v) is 3.43. The van der Waals surface area contributed by atoms with Crippen LogP contribution in [0.5, 0.6) is 5.75 Å². The summed E-state index contributed by atoms with van der Waals surface area (Å²) in [7, 11) is 0. The molecule has 23 heavy (non-hydrogen) atoms. The second-order valence-electron chi connectivity index (χ2n) is 6.17.